The van der Waals surface area contributed by atoms with Crippen molar-refractivity contribution >= 4 is 33.3 Å². The summed E-state index contributed by atoms with van der Waals surface area (Å²) < 4.78 is 31.7. The summed E-state index contributed by atoms with van der Waals surface area (Å²) >= 11 is 0. The van der Waals surface area contributed by atoms with E-state index in [1.54, 1.807) is 61.5 Å². The van der Waals surface area contributed by atoms with Crippen molar-refractivity contribution in [3.8, 4) is 0 Å². The van der Waals surface area contributed by atoms with Crippen molar-refractivity contribution in [2.24, 2.45) is 0 Å². The number of ether oxygens (including phenoxy) is 1. The van der Waals surface area contributed by atoms with Crippen molar-refractivity contribution in [2.75, 3.05) is 23.3 Å². The Morgan fingerprint density at radius 3 is 2.16 bits per heavy atom. The van der Waals surface area contributed by atoms with Crippen molar-refractivity contribution in [1.82, 2.24) is 0 Å². The molecule has 0 unspecified atom stereocenters. The highest BCUT2D eigenvalue weighted by molar-refractivity contribution is 7.92. The Bertz CT molecular complexity index is 1180. The van der Waals surface area contributed by atoms with Crippen molar-refractivity contribution < 1.29 is 22.7 Å². The van der Waals surface area contributed by atoms with Crippen LogP contribution in [0.1, 0.15) is 27.6 Å². The highest BCUT2D eigenvalue weighted by atomic mass is 32.2. The van der Waals surface area contributed by atoms with Crippen LogP contribution in [-0.4, -0.2) is 33.9 Å². The molecule has 0 spiro atoms. The number of para-hydroxylation sites is 1. The van der Waals surface area contributed by atoms with E-state index in [-0.39, 0.29) is 17.1 Å². The Morgan fingerprint density at radius 1 is 0.903 bits per heavy atom. The van der Waals surface area contributed by atoms with Crippen LogP contribution in [-0.2, 0) is 14.8 Å². The fourth-order valence-electron chi connectivity index (χ4n) is 2.89. The fraction of sp³-hybridized carbons (Fsp3) is 0.130. The number of nitrogens with zero attached hydrogens (tertiary/aromatic N) is 1. The third-order valence-corrected chi connectivity index (χ3v) is 6.37. The number of amides is 1. The second-order valence-corrected chi connectivity index (χ2v) is 8.52. The molecule has 3 rings (SSSR count). The SMILES string of the molecule is CCOC(=O)c1ccccc1NC(=O)c1ccc(N(C)S(=O)(=O)c2ccccc2)cc1. The van der Waals surface area contributed by atoms with Gasteiger partial charge in [-0.05, 0) is 55.5 Å². The van der Waals surface area contributed by atoms with E-state index in [1.807, 2.05) is 0 Å². The first-order valence-corrected chi connectivity index (χ1v) is 11.0. The van der Waals surface area contributed by atoms with Gasteiger partial charge in [-0.1, -0.05) is 30.3 Å². The maximum Gasteiger partial charge on any atom is 0.340 e. The minimum absolute atomic E-state index is 0.176. The van der Waals surface area contributed by atoms with E-state index in [1.165, 1.54) is 31.3 Å². The number of hydrogen-bond donors (Lipinski definition) is 1. The summed E-state index contributed by atoms with van der Waals surface area (Å²) in [6.45, 7) is 1.93. The summed E-state index contributed by atoms with van der Waals surface area (Å²) in [7, 11) is -2.26. The van der Waals surface area contributed by atoms with Crippen LogP contribution >= 0.6 is 0 Å². The van der Waals surface area contributed by atoms with Gasteiger partial charge >= 0.3 is 5.97 Å². The first-order chi connectivity index (χ1) is 14.8. The normalized spacial score (nSPS) is 10.9. The summed E-state index contributed by atoms with van der Waals surface area (Å²) in [5, 5.41) is 2.70. The van der Waals surface area contributed by atoms with Gasteiger partial charge in [-0.15, -0.1) is 0 Å². The average molecular weight is 439 g/mol. The zero-order valence-electron chi connectivity index (χ0n) is 17.1. The van der Waals surface area contributed by atoms with Crippen LogP contribution in [0.3, 0.4) is 0 Å². The number of nitrogens with one attached hydrogen (secondary N) is 1. The van der Waals surface area contributed by atoms with Gasteiger partial charge in [-0.2, -0.15) is 0 Å². The van der Waals surface area contributed by atoms with Crippen molar-refractivity contribution in [2.45, 2.75) is 11.8 Å². The molecular weight excluding hydrogens is 416 g/mol. The highest BCUT2D eigenvalue weighted by Gasteiger charge is 2.21. The third-order valence-electron chi connectivity index (χ3n) is 4.57. The van der Waals surface area contributed by atoms with E-state index >= 15 is 0 Å². The van der Waals surface area contributed by atoms with Crippen LogP contribution in [0.5, 0.6) is 0 Å². The number of rotatable bonds is 7. The zero-order valence-corrected chi connectivity index (χ0v) is 17.9. The molecule has 3 aromatic carbocycles. The molecule has 0 heterocycles. The van der Waals surface area contributed by atoms with Crippen LogP contribution in [0.4, 0.5) is 11.4 Å². The number of benzene rings is 3. The van der Waals surface area contributed by atoms with Crippen LogP contribution in [0, 0.1) is 0 Å². The maximum absolute atomic E-state index is 12.8. The minimum atomic E-state index is -3.71. The molecule has 0 aliphatic rings. The van der Waals surface area contributed by atoms with Gasteiger partial charge in [-0.25, -0.2) is 13.2 Å². The van der Waals surface area contributed by atoms with E-state index in [9.17, 15) is 18.0 Å². The Balaban J connectivity index is 1.78. The molecular formula is C23H22N2O5S. The summed E-state index contributed by atoms with van der Waals surface area (Å²) in [6.07, 6.45) is 0. The molecule has 0 saturated heterocycles. The van der Waals surface area contributed by atoms with E-state index in [0.29, 0.717) is 16.9 Å². The highest BCUT2D eigenvalue weighted by Crippen LogP contribution is 2.23. The number of hydrogen-bond acceptors (Lipinski definition) is 5. The van der Waals surface area contributed by atoms with E-state index < -0.39 is 21.9 Å². The third kappa shape index (κ3) is 4.92. The topological polar surface area (TPSA) is 92.8 Å². The molecule has 8 heteroatoms. The molecule has 1 amide bonds. The first kappa shape index (κ1) is 22.0. The Hall–Kier alpha value is -3.65. The quantitative estimate of drug-likeness (QED) is 0.564. The molecule has 0 saturated carbocycles. The van der Waals surface area contributed by atoms with Crippen molar-refractivity contribution in [3.05, 3.63) is 90.0 Å². The standard InChI is InChI=1S/C23H22N2O5S/c1-3-30-23(27)20-11-7-8-12-21(20)24-22(26)17-13-15-18(16-14-17)25(2)31(28,29)19-9-5-4-6-10-19/h4-16H,3H2,1-2H3,(H,24,26). The van der Waals surface area contributed by atoms with Crippen LogP contribution < -0.4 is 9.62 Å². The molecule has 7 nitrogen and oxygen atoms in total. The molecule has 0 fully saturated rings. The lowest BCUT2D eigenvalue weighted by Gasteiger charge is -2.19. The van der Waals surface area contributed by atoms with Crippen LogP contribution in [0.15, 0.2) is 83.8 Å². The molecule has 0 radical (unpaired) electrons. The van der Waals surface area contributed by atoms with Gasteiger partial charge in [0, 0.05) is 12.6 Å². The molecule has 3 aromatic rings. The number of carbonyl (C=O) groups excluding carboxylic acids is 2. The van der Waals surface area contributed by atoms with Crippen molar-refractivity contribution in [1.29, 1.82) is 0 Å². The maximum atomic E-state index is 12.8. The molecule has 31 heavy (non-hydrogen) atoms. The van der Waals surface area contributed by atoms with Gasteiger partial charge in [0.15, 0.2) is 0 Å². The summed E-state index contributed by atoms with van der Waals surface area (Å²) in [5.41, 5.74) is 1.31. The minimum Gasteiger partial charge on any atom is -0.462 e. The fourth-order valence-corrected chi connectivity index (χ4v) is 4.10. The van der Waals surface area contributed by atoms with Gasteiger partial charge in [0.1, 0.15) is 0 Å². The average Bonchev–Trinajstić information content (AvgIpc) is 2.79. The van der Waals surface area contributed by atoms with E-state index in [4.69, 9.17) is 4.74 Å². The summed E-state index contributed by atoms with van der Waals surface area (Å²) in [6, 6.07) is 20.8. The summed E-state index contributed by atoms with van der Waals surface area (Å²) in [5.74, 6) is -0.960. The molecule has 0 atom stereocenters. The smallest absolute Gasteiger partial charge is 0.340 e. The van der Waals surface area contributed by atoms with Crippen LogP contribution in [0.25, 0.3) is 0 Å². The van der Waals surface area contributed by atoms with Gasteiger partial charge in [0.25, 0.3) is 15.9 Å². The second-order valence-electron chi connectivity index (χ2n) is 6.55. The van der Waals surface area contributed by atoms with Gasteiger partial charge < -0.3 is 10.1 Å². The van der Waals surface area contributed by atoms with Gasteiger partial charge in [0.05, 0.1) is 28.4 Å². The molecule has 0 bridgehead atoms. The largest absolute Gasteiger partial charge is 0.462 e. The molecule has 0 aliphatic carbocycles. The predicted octanol–water partition coefficient (Wildman–Crippen LogP) is 3.94. The Kier molecular flexibility index (Phi) is 6.71. The number of anilines is 2. The lowest BCUT2D eigenvalue weighted by molar-refractivity contribution is 0.0527. The predicted molar refractivity (Wildman–Crippen MR) is 119 cm³/mol. The molecule has 0 aliphatic heterocycles. The van der Waals surface area contributed by atoms with Crippen molar-refractivity contribution in [3.63, 3.8) is 0 Å². The van der Waals surface area contributed by atoms with E-state index in [2.05, 4.69) is 5.32 Å². The van der Waals surface area contributed by atoms with Gasteiger partial charge in [0.2, 0.25) is 0 Å². The Morgan fingerprint density at radius 2 is 1.52 bits per heavy atom. The lowest BCUT2D eigenvalue weighted by Crippen LogP contribution is -2.26. The van der Waals surface area contributed by atoms with Crippen LogP contribution in [0.2, 0.25) is 0 Å². The van der Waals surface area contributed by atoms with Gasteiger partial charge in [-0.3, -0.25) is 9.10 Å². The second kappa shape index (κ2) is 9.44. The lowest BCUT2D eigenvalue weighted by atomic mass is 10.1. The van der Waals surface area contributed by atoms with E-state index in [0.717, 1.165) is 4.31 Å². The number of esters is 1. The first-order valence-electron chi connectivity index (χ1n) is 9.56. The monoisotopic (exact) mass is 438 g/mol. The molecule has 1 N–H and O–H groups in total. The zero-order chi connectivity index (χ0) is 22.4. The Labute approximate surface area is 181 Å². The molecule has 160 valence electrons. The summed E-state index contributed by atoms with van der Waals surface area (Å²) in [4.78, 5) is 24.9. The molecule has 0 aromatic heterocycles. The number of sulfonamides is 1. The number of carbonyl (C=O) groups is 2.